The van der Waals surface area contributed by atoms with E-state index in [2.05, 4.69) is 0 Å². The van der Waals surface area contributed by atoms with E-state index in [4.69, 9.17) is 23.4 Å². The first kappa shape index (κ1) is 30.7. The Kier molecular flexibility index (Phi) is 8.41. The van der Waals surface area contributed by atoms with Crippen molar-refractivity contribution in [3.05, 3.63) is 40.6 Å². The van der Waals surface area contributed by atoms with Gasteiger partial charge in [-0.1, -0.05) is 0 Å². The number of hydrogen-bond donors (Lipinski definition) is 10. The number of phenolic OH excluding ortho intramolecular Hbond substituents is 4. The van der Waals surface area contributed by atoms with Crippen LogP contribution in [-0.4, -0.2) is 119 Å². The molecule has 2 saturated heterocycles. The second-order valence-electron chi connectivity index (χ2n) is 10.3. The van der Waals surface area contributed by atoms with E-state index in [1.807, 2.05) is 0 Å². The van der Waals surface area contributed by atoms with Gasteiger partial charge in [-0.2, -0.15) is 0 Å². The SMILES string of the molecule is CC1O[C@H](OCC2O[C@H](Oc3c(-c4ccc(O)c(O)c4)oc4cc(O)cc(O)c4c3=O)C(O)C(O)C2O)C(O)C(O)[C@@H]1O. The molecule has 0 radical (unpaired) electrons. The Hall–Kier alpha value is -3.71. The summed E-state index contributed by atoms with van der Waals surface area (Å²) in [6.07, 6.45) is -16.2. The van der Waals surface area contributed by atoms with Crippen LogP contribution in [0, 0.1) is 0 Å². The molecule has 3 aromatic rings. The molecule has 234 valence electrons. The fourth-order valence-electron chi connectivity index (χ4n) is 4.84. The lowest BCUT2D eigenvalue weighted by Crippen LogP contribution is -2.61. The van der Waals surface area contributed by atoms with Gasteiger partial charge in [-0.05, 0) is 25.1 Å². The van der Waals surface area contributed by atoms with Gasteiger partial charge < -0.3 is 74.4 Å². The lowest BCUT2D eigenvalue weighted by molar-refractivity contribution is -0.318. The van der Waals surface area contributed by atoms with E-state index in [9.17, 15) is 55.9 Å². The van der Waals surface area contributed by atoms with Crippen molar-refractivity contribution in [2.45, 2.75) is 68.3 Å². The van der Waals surface area contributed by atoms with Gasteiger partial charge in [0.1, 0.15) is 65.2 Å². The van der Waals surface area contributed by atoms with E-state index < -0.39 is 113 Å². The van der Waals surface area contributed by atoms with Crippen molar-refractivity contribution in [2.24, 2.45) is 0 Å². The minimum atomic E-state index is -1.97. The molecule has 0 spiro atoms. The van der Waals surface area contributed by atoms with Crippen LogP contribution in [0.1, 0.15) is 6.92 Å². The largest absolute Gasteiger partial charge is 0.508 e. The zero-order valence-electron chi connectivity index (χ0n) is 22.3. The molecular formula is C27H30O16. The molecule has 10 atom stereocenters. The maximum absolute atomic E-state index is 13.6. The molecule has 16 heteroatoms. The molecule has 0 aliphatic carbocycles. The average molecular weight is 611 g/mol. The molecule has 7 unspecified atom stereocenters. The number of aromatic hydroxyl groups is 4. The summed E-state index contributed by atoms with van der Waals surface area (Å²) in [5.41, 5.74) is -1.35. The molecule has 2 fully saturated rings. The van der Waals surface area contributed by atoms with E-state index in [1.165, 1.54) is 13.0 Å². The number of aliphatic hydroxyl groups excluding tert-OH is 6. The lowest BCUT2D eigenvalue weighted by atomic mass is 9.98. The maximum Gasteiger partial charge on any atom is 0.239 e. The van der Waals surface area contributed by atoms with Crippen molar-refractivity contribution in [3.63, 3.8) is 0 Å². The Balaban J connectivity index is 1.48. The third-order valence-electron chi connectivity index (χ3n) is 7.29. The fourth-order valence-corrected chi connectivity index (χ4v) is 4.84. The molecule has 0 bridgehead atoms. The van der Waals surface area contributed by atoms with Crippen LogP contribution in [0.25, 0.3) is 22.3 Å². The number of phenols is 4. The van der Waals surface area contributed by atoms with Crippen LogP contribution in [0.5, 0.6) is 28.7 Å². The first-order chi connectivity index (χ1) is 20.3. The lowest BCUT2D eigenvalue weighted by Gasteiger charge is -2.42. The topological polar surface area (TPSA) is 269 Å². The summed E-state index contributed by atoms with van der Waals surface area (Å²) in [5, 5.41) is 101. The third kappa shape index (κ3) is 5.67. The maximum atomic E-state index is 13.6. The Bertz CT molecular complexity index is 1540. The number of ether oxygens (including phenoxy) is 4. The number of rotatable bonds is 6. The molecule has 2 aliphatic rings. The molecule has 10 N–H and O–H groups in total. The first-order valence-corrected chi connectivity index (χ1v) is 13.0. The number of hydrogen-bond acceptors (Lipinski definition) is 16. The molecule has 2 aliphatic heterocycles. The molecule has 16 nitrogen and oxygen atoms in total. The van der Waals surface area contributed by atoms with Gasteiger partial charge >= 0.3 is 0 Å². The van der Waals surface area contributed by atoms with Crippen molar-refractivity contribution in [1.82, 2.24) is 0 Å². The number of benzene rings is 2. The van der Waals surface area contributed by atoms with Crippen molar-refractivity contribution in [3.8, 4) is 40.1 Å². The van der Waals surface area contributed by atoms with Gasteiger partial charge in [0.05, 0.1) is 12.7 Å². The Morgan fingerprint density at radius 1 is 0.744 bits per heavy atom. The molecule has 43 heavy (non-hydrogen) atoms. The third-order valence-corrected chi connectivity index (χ3v) is 7.29. The second-order valence-corrected chi connectivity index (χ2v) is 10.3. The first-order valence-electron chi connectivity index (χ1n) is 13.0. The summed E-state index contributed by atoms with van der Waals surface area (Å²) in [7, 11) is 0. The Morgan fingerprint density at radius 3 is 2.12 bits per heavy atom. The highest BCUT2D eigenvalue weighted by Gasteiger charge is 2.47. The van der Waals surface area contributed by atoms with Crippen molar-refractivity contribution >= 4 is 11.0 Å². The van der Waals surface area contributed by atoms with Crippen molar-refractivity contribution in [2.75, 3.05) is 6.61 Å². The van der Waals surface area contributed by atoms with Crippen LogP contribution in [0.4, 0.5) is 0 Å². The second kappa shape index (κ2) is 11.8. The molecule has 0 amide bonds. The predicted molar refractivity (Wildman–Crippen MR) is 140 cm³/mol. The van der Waals surface area contributed by atoms with E-state index in [1.54, 1.807) is 0 Å². The van der Waals surface area contributed by atoms with Crippen molar-refractivity contribution < 1.29 is 74.4 Å². The zero-order valence-corrected chi connectivity index (χ0v) is 22.3. The average Bonchev–Trinajstić information content (AvgIpc) is 2.96. The molecule has 2 aromatic carbocycles. The van der Waals surface area contributed by atoms with Gasteiger partial charge in [-0.3, -0.25) is 4.79 Å². The summed E-state index contributed by atoms with van der Waals surface area (Å²) in [5.74, 6) is -3.33. The van der Waals surface area contributed by atoms with E-state index in [0.29, 0.717) is 0 Å². The van der Waals surface area contributed by atoms with Gasteiger partial charge in [0.2, 0.25) is 17.5 Å². The van der Waals surface area contributed by atoms with Gasteiger partial charge in [0.25, 0.3) is 0 Å². The molecule has 3 heterocycles. The summed E-state index contributed by atoms with van der Waals surface area (Å²) in [6.45, 7) is 0.818. The molecule has 5 rings (SSSR count). The van der Waals surface area contributed by atoms with Crippen molar-refractivity contribution in [1.29, 1.82) is 0 Å². The Morgan fingerprint density at radius 2 is 1.42 bits per heavy atom. The van der Waals surface area contributed by atoms with E-state index in [0.717, 1.165) is 24.3 Å². The highest BCUT2D eigenvalue weighted by atomic mass is 16.7. The van der Waals surface area contributed by atoms with Crippen LogP contribution in [0.15, 0.2) is 39.5 Å². The Labute approximate surface area is 241 Å². The predicted octanol–water partition coefficient (Wildman–Crippen LogP) is -1.69. The monoisotopic (exact) mass is 610 g/mol. The number of fused-ring (bicyclic) bond motifs is 1. The van der Waals surface area contributed by atoms with E-state index in [-0.39, 0.29) is 11.1 Å². The van der Waals surface area contributed by atoms with Crippen LogP contribution in [0.3, 0.4) is 0 Å². The highest BCUT2D eigenvalue weighted by Crippen LogP contribution is 2.39. The van der Waals surface area contributed by atoms with Crippen LogP contribution in [-0.2, 0) is 14.2 Å². The highest BCUT2D eigenvalue weighted by molar-refractivity contribution is 5.88. The molecular weight excluding hydrogens is 580 g/mol. The van der Waals surface area contributed by atoms with Gasteiger partial charge in [0.15, 0.2) is 23.5 Å². The summed E-state index contributed by atoms with van der Waals surface area (Å²) < 4.78 is 27.8. The standard InChI is InChI=1S/C27H30O16/c1-8-17(32)20(35)22(37)26(40-8)39-7-15-18(33)21(36)23(38)27(42-15)43-25-19(34)16-13(31)5-10(28)6-14(16)41-24(25)9-2-3-11(29)12(30)4-9/h2-6,8,15,17-18,20-23,26-33,35-38H,7H2,1H3/t8?,15?,17-,18?,20?,21?,22?,23?,26+,27-/m1/s1. The minimum absolute atomic E-state index is 0.0313. The van der Waals surface area contributed by atoms with Gasteiger partial charge in [-0.25, -0.2) is 0 Å². The zero-order chi connectivity index (χ0) is 31.3. The minimum Gasteiger partial charge on any atom is -0.508 e. The van der Waals surface area contributed by atoms with Gasteiger partial charge in [-0.15, -0.1) is 0 Å². The summed E-state index contributed by atoms with van der Waals surface area (Å²) in [6, 6.07) is 5.24. The smallest absolute Gasteiger partial charge is 0.239 e. The van der Waals surface area contributed by atoms with E-state index >= 15 is 0 Å². The van der Waals surface area contributed by atoms with Crippen LogP contribution < -0.4 is 10.2 Å². The summed E-state index contributed by atoms with van der Waals surface area (Å²) >= 11 is 0. The quantitative estimate of drug-likeness (QED) is 0.140. The normalized spacial score (nSPS) is 33.0. The van der Waals surface area contributed by atoms with Crippen LogP contribution >= 0.6 is 0 Å². The molecule has 1 aromatic heterocycles. The fraction of sp³-hybridized carbons (Fsp3) is 0.444. The van der Waals surface area contributed by atoms with Gasteiger partial charge in [0, 0.05) is 17.7 Å². The van der Waals surface area contributed by atoms with Crippen LogP contribution in [0.2, 0.25) is 0 Å². The number of aliphatic hydroxyl groups is 6. The summed E-state index contributed by atoms with van der Waals surface area (Å²) in [4.78, 5) is 13.6. The molecule has 0 saturated carbocycles.